The number of carboxylic acids is 2. The van der Waals surface area contributed by atoms with Gasteiger partial charge in [0, 0.05) is 6.42 Å². The maximum absolute atomic E-state index is 11.4. The van der Waals surface area contributed by atoms with Crippen molar-refractivity contribution in [3.8, 4) is 0 Å². The van der Waals surface area contributed by atoms with Crippen LogP contribution in [0.15, 0.2) is 0 Å². The number of hydrogen-bond acceptors (Lipinski definition) is 4. The van der Waals surface area contributed by atoms with Crippen LogP contribution in [0.4, 0.5) is 0 Å². The molecule has 21 heavy (non-hydrogen) atoms. The minimum atomic E-state index is -0.964. The summed E-state index contributed by atoms with van der Waals surface area (Å²) in [5.41, 5.74) is 4.84. The minimum absolute atomic E-state index is 0.0855. The molecule has 0 saturated carbocycles. The second-order valence-electron chi connectivity index (χ2n) is 5.21. The van der Waals surface area contributed by atoms with Crippen LogP contribution in [0.1, 0.15) is 53.4 Å². The molecule has 7 nitrogen and oxygen atoms in total. The van der Waals surface area contributed by atoms with Gasteiger partial charge >= 0.3 is 11.9 Å². The van der Waals surface area contributed by atoms with Gasteiger partial charge < -0.3 is 21.3 Å². The maximum atomic E-state index is 11.4. The van der Waals surface area contributed by atoms with Gasteiger partial charge in [0.25, 0.3) is 0 Å². The van der Waals surface area contributed by atoms with E-state index in [1.807, 2.05) is 0 Å². The average Bonchev–Trinajstić information content (AvgIpc) is 2.36. The molecule has 0 aliphatic rings. The molecule has 1 amide bonds. The Hall–Kier alpha value is -1.63. The number of unbranched alkanes of at least 4 members (excludes halogenated alkanes) is 2. The van der Waals surface area contributed by atoms with Crippen LogP contribution in [-0.4, -0.2) is 40.1 Å². The monoisotopic (exact) mass is 304 g/mol. The van der Waals surface area contributed by atoms with Crippen molar-refractivity contribution in [1.29, 1.82) is 0 Å². The fraction of sp³-hybridized carbons (Fsp3) is 0.786. The summed E-state index contributed by atoms with van der Waals surface area (Å²) in [6.07, 6.45) is 3.31. The van der Waals surface area contributed by atoms with E-state index in [0.29, 0.717) is 6.42 Å². The molecule has 0 aromatic heterocycles. The lowest BCUT2D eigenvalue weighted by Gasteiger charge is -2.17. The van der Waals surface area contributed by atoms with E-state index in [1.54, 1.807) is 13.8 Å². The third-order valence-corrected chi connectivity index (χ3v) is 2.65. The van der Waals surface area contributed by atoms with Gasteiger partial charge in [-0.05, 0) is 19.3 Å². The molecule has 2 atom stereocenters. The zero-order valence-electron chi connectivity index (χ0n) is 13.3. The van der Waals surface area contributed by atoms with Gasteiger partial charge in [0.1, 0.15) is 12.1 Å². The molecular weight excluding hydrogens is 276 g/mol. The Kier molecular flexibility index (Phi) is 12.5. The molecule has 0 aromatic rings. The topological polar surface area (TPSA) is 130 Å². The summed E-state index contributed by atoms with van der Waals surface area (Å²) in [6, 6.07) is -1.50. The van der Waals surface area contributed by atoms with Gasteiger partial charge in [-0.2, -0.15) is 0 Å². The Balaban J connectivity index is 0. The molecule has 0 saturated heterocycles. The molecule has 7 heteroatoms. The molecule has 0 aliphatic heterocycles. The van der Waals surface area contributed by atoms with Crippen molar-refractivity contribution >= 4 is 17.8 Å². The molecule has 0 bridgehead atoms. The van der Waals surface area contributed by atoms with Crippen LogP contribution in [0, 0.1) is 5.92 Å². The number of amides is 1. The highest BCUT2D eigenvalue weighted by atomic mass is 16.4. The number of aliphatic carboxylic acids is 2. The van der Waals surface area contributed by atoms with Crippen molar-refractivity contribution in [3.63, 3.8) is 0 Å². The number of nitrogens with two attached hydrogens (primary N) is 1. The first-order valence-corrected chi connectivity index (χ1v) is 7.13. The Morgan fingerprint density at radius 3 is 1.81 bits per heavy atom. The quantitative estimate of drug-likeness (QED) is 0.499. The van der Waals surface area contributed by atoms with Gasteiger partial charge in [-0.3, -0.25) is 9.59 Å². The first-order chi connectivity index (χ1) is 9.63. The van der Waals surface area contributed by atoms with Gasteiger partial charge in [0.05, 0.1) is 0 Å². The van der Waals surface area contributed by atoms with Crippen molar-refractivity contribution in [2.24, 2.45) is 11.7 Å². The van der Waals surface area contributed by atoms with Crippen LogP contribution in [0.3, 0.4) is 0 Å². The van der Waals surface area contributed by atoms with Crippen LogP contribution in [0.5, 0.6) is 0 Å². The molecular formula is C14H28N2O5. The van der Waals surface area contributed by atoms with Crippen molar-refractivity contribution in [1.82, 2.24) is 5.32 Å². The first kappa shape index (κ1) is 21.7. The summed E-state index contributed by atoms with van der Waals surface area (Å²) in [4.78, 5) is 31.7. The smallest absolute Gasteiger partial charge is 0.326 e. The zero-order chi connectivity index (χ0) is 17.0. The molecule has 0 fully saturated rings. The number of nitrogens with one attached hydrogen (secondary N) is 1. The summed E-state index contributed by atoms with van der Waals surface area (Å²) >= 11 is 0. The largest absolute Gasteiger partial charge is 0.480 e. The summed E-state index contributed by atoms with van der Waals surface area (Å²) in [7, 11) is 0. The van der Waals surface area contributed by atoms with Crippen LogP contribution in [0.2, 0.25) is 0 Å². The van der Waals surface area contributed by atoms with E-state index >= 15 is 0 Å². The number of rotatable bonds is 8. The van der Waals surface area contributed by atoms with Crippen molar-refractivity contribution in [2.75, 3.05) is 0 Å². The molecule has 5 N–H and O–H groups in total. The predicted octanol–water partition coefficient (Wildman–Crippen LogP) is 1.21. The summed E-state index contributed by atoms with van der Waals surface area (Å²) in [6.45, 7) is 7.05. The summed E-state index contributed by atoms with van der Waals surface area (Å²) < 4.78 is 0. The standard InChI is InChI=1S/C11H21NO3.C3H7NO2/c1-4-5-6-7-9(13)12-10(8(2)3)11(14)15;1-2(4)3(5)6/h8,10H,4-7H2,1-3H3,(H,12,13)(H,14,15);2H,4H2,1H3,(H,5,6)/t10-;2-/m00/s1. The van der Waals surface area contributed by atoms with Gasteiger partial charge in [0.15, 0.2) is 0 Å². The lowest BCUT2D eigenvalue weighted by molar-refractivity contribution is -0.143. The molecule has 0 aromatic carbocycles. The van der Waals surface area contributed by atoms with E-state index in [-0.39, 0.29) is 11.8 Å². The number of carbonyl (C=O) groups is 3. The fourth-order valence-electron chi connectivity index (χ4n) is 1.29. The van der Waals surface area contributed by atoms with E-state index < -0.39 is 24.0 Å². The fourth-order valence-corrected chi connectivity index (χ4v) is 1.29. The predicted molar refractivity (Wildman–Crippen MR) is 79.8 cm³/mol. The zero-order valence-corrected chi connectivity index (χ0v) is 13.3. The molecule has 124 valence electrons. The highest BCUT2D eigenvalue weighted by Crippen LogP contribution is 2.04. The Bertz CT molecular complexity index is 329. The lowest BCUT2D eigenvalue weighted by atomic mass is 10.0. The average molecular weight is 304 g/mol. The van der Waals surface area contributed by atoms with Crippen molar-refractivity contribution in [2.45, 2.75) is 65.5 Å². The molecule has 0 radical (unpaired) electrons. The number of hydrogen-bond donors (Lipinski definition) is 4. The van der Waals surface area contributed by atoms with Gasteiger partial charge in [-0.25, -0.2) is 4.79 Å². The van der Waals surface area contributed by atoms with Crippen LogP contribution in [0.25, 0.3) is 0 Å². The van der Waals surface area contributed by atoms with Crippen LogP contribution in [-0.2, 0) is 14.4 Å². The van der Waals surface area contributed by atoms with Gasteiger partial charge in [0.2, 0.25) is 5.91 Å². The summed E-state index contributed by atoms with van der Waals surface area (Å²) in [5, 5.41) is 19.3. The van der Waals surface area contributed by atoms with Crippen LogP contribution >= 0.6 is 0 Å². The van der Waals surface area contributed by atoms with E-state index in [4.69, 9.17) is 15.9 Å². The normalized spacial score (nSPS) is 12.9. The van der Waals surface area contributed by atoms with Crippen LogP contribution < -0.4 is 11.1 Å². The van der Waals surface area contributed by atoms with E-state index in [9.17, 15) is 14.4 Å². The van der Waals surface area contributed by atoms with E-state index in [0.717, 1.165) is 19.3 Å². The van der Waals surface area contributed by atoms with Gasteiger partial charge in [-0.1, -0.05) is 33.6 Å². The maximum Gasteiger partial charge on any atom is 0.326 e. The highest BCUT2D eigenvalue weighted by Gasteiger charge is 2.22. The Morgan fingerprint density at radius 1 is 1.05 bits per heavy atom. The molecule has 0 spiro atoms. The summed E-state index contributed by atoms with van der Waals surface area (Å²) in [5.74, 6) is -2.17. The Morgan fingerprint density at radius 2 is 1.52 bits per heavy atom. The highest BCUT2D eigenvalue weighted by molar-refractivity contribution is 5.83. The second-order valence-corrected chi connectivity index (χ2v) is 5.21. The minimum Gasteiger partial charge on any atom is -0.480 e. The van der Waals surface area contributed by atoms with Gasteiger partial charge in [-0.15, -0.1) is 0 Å². The van der Waals surface area contributed by atoms with Crippen molar-refractivity contribution < 1.29 is 24.6 Å². The third kappa shape index (κ3) is 13.1. The molecule has 0 unspecified atom stereocenters. The number of carbonyl (C=O) groups excluding carboxylic acids is 1. The third-order valence-electron chi connectivity index (χ3n) is 2.65. The second kappa shape index (κ2) is 12.1. The first-order valence-electron chi connectivity index (χ1n) is 7.13. The van der Waals surface area contributed by atoms with E-state index in [2.05, 4.69) is 12.2 Å². The van der Waals surface area contributed by atoms with E-state index in [1.165, 1.54) is 6.92 Å². The lowest BCUT2D eigenvalue weighted by Crippen LogP contribution is -2.44. The molecule has 0 aliphatic carbocycles. The number of carboxylic acid groups (broad SMARTS) is 2. The molecule has 0 heterocycles. The Labute approximate surface area is 125 Å². The molecule has 0 rings (SSSR count). The van der Waals surface area contributed by atoms with Crippen molar-refractivity contribution in [3.05, 3.63) is 0 Å². The SMILES string of the molecule is CCCCCC(=O)N[C@H](C(=O)O)C(C)C.C[C@H](N)C(=O)O.